The van der Waals surface area contributed by atoms with Gasteiger partial charge in [-0.2, -0.15) is 4.98 Å². The van der Waals surface area contributed by atoms with E-state index < -0.39 is 11.4 Å². The van der Waals surface area contributed by atoms with Crippen molar-refractivity contribution in [1.29, 1.82) is 0 Å². The number of urea groups is 1. The lowest BCUT2D eigenvalue weighted by Gasteiger charge is -2.42. The number of hydrogen-bond donors (Lipinski definition) is 1. The number of carbonyl (C=O) groups is 2. The summed E-state index contributed by atoms with van der Waals surface area (Å²) in [6, 6.07) is 9.36. The SMILES string of the molecule is Cc1noc(C2CCN(C(=O)N3CCC(C(=O)O)(c4ccccc4)CC3)CC2)n1. The van der Waals surface area contributed by atoms with Crippen molar-refractivity contribution in [2.24, 2.45) is 0 Å². The molecule has 2 amide bonds. The van der Waals surface area contributed by atoms with Crippen molar-refractivity contribution < 1.29 is 19.2 Å². The fraction of sp³-hybridized carbons (Fsp3) is 0.524. The fourth-order valence-electron chi connectivity index (χ4n) is 4.46. The molecule has 2 aromatic rings. The van der Waals surface area contributed by atoms with Crippen LogP contribution < -0.4 is 0 Å². The number of carboxylic acid groups (broad SMARTS) is 1. The van der Waals surface area contributed by atoms with Gasteiger partial charge in [-0.1, -0.05) is 35.5 Å². The highest BCUT2D eigenvalue weighted by Gasteiger charge is 2.44. The lowest BCUT2D eigenvalue weighted by molar-refractivity contribution is -0.145. The quantitative estimate of drug-likeness (QED) is 0.853. The van der Waals surface area contributed by atoms with E-state index in [9.17, 15) is 14.7 Å². The van der Waals surface area contributed by atoms with Crippen LogP contribution in [-0.2, 0) is 10.2 Å². The first-order valence-electron chi connectivity index (χ1n) is 10.1. The summed E-state index contributed by atoms with van der Waals surface area (Å²) in [5.41, 5.74) is -0.101. The highest BCUT2D eigenvalue weighted by Crippen LogP contribution is 2.36. The van der Waals surface area contributed by atoms with Crippen molar-refractivity contribution in [2.45, 2.75) is 43.9 Å². The molecule has 2 saturated heterocycles. The zero-order valence-corrected chi connectivity index (χ0v) is 16.6. The molecule has 1 N–H and O–H groups in total. The van der Waals surface area contributed by atoms with E-state index >= 15 is 0 Å². The Morgan fingerprint density at radius 1 is 1.07 bits per heavy atom. The van der Waals surface area contributed by atoms with Crippen molar-refractivity contribution in [3.8, 4) is 0 Å². The number of piperidine rings is 2. The maximum absolute atomic E-state index is 13.0. The van der Waals surface area contributed by atoms with Crippen LogP contribution in [0.1, 0.15) is 48.9 Å². The van der Waals surface area contributed by atoms with Gasteiger partial charge >= 0.3 is 12.0 Å². The van der Waals surface area contributed by atoms with Gasteiger partial charge in [0.1, 0.15) is 0 Å². The molecule has 0 radical (unpaired) electrons. The summed E-state index contributed by atoms with van der Waals surface area (Å²) in [5.74, 6) is 0.666. The number of carboxylic acids is 1. The Kier molecular flexibility index (Phi) is 5.25. The first kappa shape index (κ1) is 19.4. The molecule has 8 nitrogen and oxygen atoms in total. The molecule has 8 heteroatoms. The van der Waals surface area contributed by atoms with E-state index in [1.165, 1.54) is 0 Å². The highest BCUT2D eigenvalue weighted by atomic mass is 16.5. The molecule has 154 valence electrons. The van der Waals surface area contributed by atoms with E-state index in [0.29, 0.717) is 50.7 Å². The predicted molar refractivity (Wildman–Crippen MR) is 105 cm³/mol. The normalized spacial score (nSPS) is 19.9. The molecule has 0 saturated carbocycles. The van der Waals surface area contributed by atoms with Crippen molar-refractivity contribution in [3.05, 3.63) is 47.6 Å². The number of nitrogens with zero attached hydrogens (tertiary/aromatic N) is 4. The second kappa shape index (κ2) is 7.85. The Morgan fingerprint density at radius 3 is 2.24 bits per heavy atom. The van der Waals surface area contributed by atoms with Gasteiger partial charge in [0.05, 0.1) is 5.41 Å². The van der Waals surface area contributed by atoms with Crippen molar-refractivity contribution in [3.63, 3.8) is 0 Å². The highest BCUT2D eigenvalue weighted by molar-refractivity contribution is 5.82. The average Bonchev–Trinajstić information content (AvgIpc) is 3.20. The standard InChI is InChI=1S/C21H26N4O4/c1-15-22-18(29-23-15)16-7-11-24(12-8-16)20(28)25-13-9-21(10-14-25,19(26)27)17-5-3-2-4-6-17/h2-6,16H,7-14H2,1H3,(H,26,27). The van der Waals surface area contributed by atoms with E-state index in [1.54, 1.807) is 11.8 Å². The molecule has 0 spiro atoms. The van der Waals surface area contributed by atoms with Gasteiger partial charge in [0.15, 0.2) is 5.82 Å². The molecule has 3 heterocycles. The predicted octanol–water partition coefficient (Wildman–Crippen LogP) is 2.80. The number of aromatic nitrogens is 2. The smallest absolute Gasteiger partial charge is 0.319 e. The van der Waals surface area contributed by atoms with E-state index in [0.717, 1.165) is 18.4 Å². The van der Waals surface area contributed by atoms with Crippen molar-refractivity contribution >= 4 is 12.0 Å². The van der Waals surface area contributed by atoms with Gasteiger partial charge in [-0.15, -0.1) is 0 Å². The molecule has 29 heavy (non-hydrogen) atoms. The van der Waals surface area contributed by atoms with Crippen molar-refractivity contribution in [2.75, 3.05) is 26.2 Å². The summed E-state index contributed by atoms with van der Waals surface area (Å²) in [6.07, 6.45) is 2.44. The molecule has 4 rings (SSSR count). The van der Waals surface area contributed by atoms with E-state index in [1.807, 2.05) is 35.2 Å². The maximum Gasteiger partial charge on any atom is 0.319 e. The number of amides is 2. The van der Waals surface area contributed by atoms with Crippen LogP contribution in [0.4, 0.5) is 4.79 Å². The van der Waals surface area contributed by atoms with Crippen LogP contribution in [0.15, 0.2) is 34.9 Å². The van der Waals surface area contributed by atoms with Crippen LogP contribution in [0.3, 0.4) is 0 Å². The minimum atomic E-state index is -0.916. The van der Waals surface area contributed by atoms with Crippen LogP contribution in [-0.4, -0.2) is 63.2 Å². The summed E-state index contributed by atoms with van der Waals surface area (Å²) in [6.45, 7) is 3.98. The molecule has 2 fully saturated rings. The molecule has 0 atom stereocenters. The van der Waals surface area contributed by atoms with Crippen molar-refractivity contribution in [1.82, 2.24) is 19.9 Å². The van der Waals surface area contributed by atoms with Crippen LogP contribution in [0.2, 0.25) is 0 Å². The number of benzene rings is 1. The third-order valence-corrected chi connectivity index (χ3v) is 6.28. The Hall–Kier alpha value is -2.90. The first-order valence-corrected chi connectivity index (χ1v) is 10.1. The molecule has 0 aliphatic carbocycles. The molecule has 1 aromatic heterocycles. The summed E-state index contributed by atoms with van der Waals surface area (Å²) in [5, 5.41) is 13.8. The third-order valence-electron chi connectivity index (χ3n) is 6.28. The first-order chi connectivity index (χ1) is 14.0. The van der Waals surface area contributed by atoms with Gasteiger partial charge in [0, 0.05) is 32.1 Å². The van der Waals surface area contributed by atoms with Crippen LogP contribution in [0.5, 0.6) is 0 Å². The minimum absolute atomic E-state index is 0.00258. The summed E-state index contributed by atoms with van der Waals surface area (Å²) in [7, 11) is 0. The summed E-state index contributed by atoms with van der Waals surface area (Å²) in [4.78, 5) is 33.0. The van der Waals surface area contributed by atoms with Gasteiger partial charge in [0.2, 0.25) is 5.89 Å². The lowest BCUT2D eigenvalue weighted by Crippen LogP contribution is -2.53. The number of rotatable bonds is 3. The van der Waals surface area contributed by atoms with E-state index in [2.05, 4.69) is 10.1 Å². The Bertz CT molecular complexity index is 866. The van der Waals surface area contributed by atoms with Gasteiger partial charge < -0.3 is 19.4 Å². The van der Waals surface area contributed by atoms with Crippen LogP contribution >= 0.6 is 0 Å². The minimum Gasteiger partial charge on any atom is -0.481 e. The van der Waals surface area contributed by atoms with Gasteiger partial charge in [-0.3, -0.25) is 4.79 Å². The third kappa shape index (κ3) is 3.71. The second-order valence-corrected chi connectivity index (χ2v) is 7.96. The molecule has 2 aliphatic heterocycles. The van der Waals surface area contributed by atoms with E-state index in [-0.39, 0.29) is 11.9 Å². The van der Waals surface area contributed by atoms with Gasteiger partial charge in [-0.25, -0.2) is 4.79 Å². The summed E-state index contributed by atoms with van der Waals surface area (Å²) < 4.78 is 5.27. The average molecular weight is 398 g/mol. The Balaban J connectivity index is 1.36. The van der Waals surface area contributed by atoms with E-state index in [4.69, 9.17) is 4.52 Å². The number of carbonyl (C=O) groups excluding carboxylic acids is 1. The molecule has 1 aromatic carbocycles. The zero-order chi connectivity index (χ0) is 20.4. The monoisotopic (exact) mass is 398 g/mol. The molecular formula is C21H26N4O4. The Labute approximate surface area is 169 Å². The van der Waals surface area contributed by atoms with Gasteiger partial charge in [0.25, 0.3) is 0 Å². The number of aliphatic carboxylic acids is 1. The second-order valence-electron chi connectivity index (χ2n) is 7.96. The number of hydrogen-bond acceptors (Lipinski definition) is 5. The Morgan fingerprint density at radius 2 is 1.69 bits per heavy atom. The topological polar surface area (TPSA) is 99.8 Å². The van der Waals surface area contributed by atoms with Crippen LogP contribution in [0.25, 0.3) is 0 Å². The van der Waals surface area contributed by atoms with Gasteiger partial charge in [-0.05, 0) is 38.2 Å². The maximum atomic E-state index is 13.0. The molecule has 0 unspecified atom stereocenters. The summed E-state index contributed by atoms with van der Waals surface area (Å²) >= 11 is 0. The fourth-order valence-corrected chi connectivity index (χ4v) is 4.46. The largest absolute Gasteiger partial charge is 0.481 e. The molecule has 2 aliphatic rings. The number of likely N-dealkylation sites (tertiary alicyclic amines) is 2. The lowest BCUT2D eigenvalue weighted by atomic mass is 9.73. The van der Waals surface area contributed by atoms with Crippen LogP contribution in [0, 0.1) is 6.92 Å². The zero-order valence-electron chi connectivity index (χ0n) is 16.6. The molecular weight excluding hydrogens is 372 g/mol. The number of aryl methyl sites for hydroxylation is 1. The molecule has 0 bridgehead atoms.